The van der Waals surface area contributed by atoms with E-state index in [1.165, 1.54) is 68.9 Å². The van der Waals surface area contributed by atoms with Crippen LogP contribution in [0.25, 0.3) is 0 Å². The molecule has 0 aromatic rings. The van der Waals surface area contributed by atoms with Crippen LogP contribution in [0, 0.1) is 11.3 Å². The summed E-state index contributed by atoms with van der Waals surface area (Å²) in [6.07, 6.45) is 28.1. The predicted octanol–water partition coefficient (Wildman–Crippen LogP) is 11.9. The van der Waals surface area contributed by atoms with Crippen molar-refractivity contribution in [3.8, 4) is 0 Å². The van der Waals surface area contributed by atoms with Crippen molar-refractivity contribution in [2.45, 2.75) is 202 Å². The van der Waals surface area contributed by atoms with Gasteiger partial charge >= 0.3 is 5.97 Å². The quantitative estimate of drug-likeness (QED) is 0.0311. The van der Waals surface area contributed by atoms with Gasteiger partial charge in [-0.25, -0.2) is 0 Å². The molecule has 4 atom stereocenters. The number of aliphatic hydroxyl groups is 2. The van der Waals surface area contributed by atoms with Crippen LogP contribution in [-0.2, 0) is 14.3 Å². The van der Waals surface area contributed by atoms with E-state index in [-0.39, 0.29) is 11.9 Å². The predicted molar refractivity (Wildman–Crippen MR) is 208 cm³/mol. The number of unbranched alkanes of at least 4 members (excludes halogenated alkanes) is 10. The monoisotopic (exact) mass is 685 g/mol. The second-order valence-corrected chi connectivity index (χ2v) is 15.8. The summed E-state index contributed by atoms with van der Waals surface area (Å²) in [5.41, 5.74) is 4.10. The Morgan fingerprint density at radius 2 is 1.47 bits per heavy atom. The number of carbonyl (C=O) groups is 2. The van der Waals surface area contributed by atoms with Crippen molar-refractivity contribution in [1.29, 1.82) is 0 Å². The van der Waals surface area contributed by atoms with Crippen molar-refractivity contribution in [2.24, 2.45) is 11.3 Å². The normalized spacial score (nSPS) is 23.3. The molecule has 0 spiro atoms. The fourth-order valence-electron chi connectivity index (χ4n) is 7.49. The van der Waals surface area contributed by atoms with Gasteiger partial charge in [-0.15, -0.1) is 0 Å². The van der Waals surface area contributed by atoms with Gasteiger partial charge < -0.3 is 14.9 Å². The third-order valence-electron chi connectivity index (χ3n) is 11.3. The van der Waals surface area contributed by atoms with Gasteiger partial charge in [0.1, 0.15) is 6.29 Å². The average Bonchev–Trinajstić information content (AvgIpc) is 3.05. The van der Waals surface area contributed by atoms with E-state index in [0.29, 0.717) is 38.7 Å². The minimum atomic E-state index is -0.901. The number of esters is 1. The van der Waals surface area contributed by atoms with E-state index in [9.17, 15) is 19.8 Å². The topological polar surface area (TPSA) is 83.8 Å². The van der Waals surface area contributed by atoms with E-state index >= 15 is 0 Å². The van der Waals surface area contributed by atoms with E-state index in [0.717, 1.165) is 68.0 Å². The van der Waals surface area contributed by atoms with Crippen molar-refractivity contribution < 1.29 is 24.5 Å². The standard InChI is InChI=1S/C44H76O5/c1-9-10-11-12-13-14-15-16-17-18-19-27-42(47)49-33-22-26-40-39(38(6)34-45)30-32-44(8,48)43(40,7)31-21-25-37(5)41(46)29-28-36(4)24-20-23-35(2)3/h23,25,28,34,40-41,46,48H,9-22,24,26-27,29-33H2,1-8H3/b36-28+,37-25+,39-38-/t40-,41+,43+,44-/m0/s1. The van der Waals surface area contributed by atoms with E-state index in [2.05, 4.69) is 52.8 Å². The van der Waals surface area contributed by atoms with Gasteiger partial charge in [-0.1, -0.05) is 113 Å². The molecule has 0 aliphatic heterocycles. The molecule has 0 radical (unpaired) electrons. The second kappa shape index (κ2) is 25.1. The minimum absolute atomic E-state index is 0.0109. The lowest BCUT2D eigenvalue weighted by Crippen LogP contribution is -2.52. The van der Waals surface area contributed by atoms with Crippen LogP contribution in [-0.4, -0.2) is 40.8 Å². The Bertz CT molecular complexity index is 1070. The summed E-state index contributed by atoms with van der Waals surface area (Å²) in [6.45, 7) is 17.0. The number of rotatable bonds is 26. The summed E-state index contributed by atoms with van der Waals surface area (Å²) < 4.78 is 5.65. The molecule has 49 heavy (non-hydrogen) atoms. The van der Waals surface area contributed by atoms with Crippen LogP contribution in [0.15, 0.2) is 46.1 Å². The first-order valence-corrected chi connectivity index (χ1v) is 20.0. The number of aldehydes is 1. The van der Waals surface area contributed by atoms with E-state index in [1.807, 2.05) is 20.8 Å². The lowest BCUT2D eigenvalue weighted by molar-refractivity contribution is -0.144. The molecular formula is C44H76O5. The number of aliphatic hydroxyl groups excluding tert-OH is 1. The summed E-state index contributed by atoms with van der Waals surface area (Å²) in [5, 5.41) is 22.6. The minimum Gasteiger partial charge on any atom is -0.466 e. The fraction of sp³-hybridized carbons (Fsp3) is 0.773. The largest absolute Gasteiger partial charge is 0.466 e. The Morgan fingerprint density at radius 1 is 0.857 bits per heavy atom. The van der Waals surface area contributed by atoms with Crippen molar-refractivity contribution >= 4 is 12.3 Å². The van der Waals surface area contributed by atoms with Gasteiger partial charge in [-0.3, -0.25) is 9.59 Å². The number of hydrogen-bond donors (Lipinski definition) is 2. The summed E-state index contributed by atoms with van der Waals surface area (Å²) >= 11 is 0. The zero-order valence-corrected chi connectivity index (χ0v) is 33.1. The van der Waals surface area contributed by atoms with E-state index in [4.69, 9.17) is 4.74 Å². The summed E-state index contributed by atoms with van der Waals surface area (Å²) in [5.74, 6) is -0.108. The lowest BCUT2D eigenvalue weighted by atomic mass is 9.54. The highest BCUT2D eigenvalue weighted by Gasteiger charge is 2.52. The highest BCUT2D eigenvalue weighted by molar-refractivity contribution is 5.74. The van der Waals surface area contributed by atoms with Crippen LogP contribution in [0.5, 0.6) is 0 Å². The van der Waals surface area contributed by atoms with Crippen LogP contribution >= 0.6 is 0 Å². The number of hydrogen-bond acceptors (Lipinski definition) is 5. The van der Waals surface area contributed by atoms with Gasteiger partial charge in [-0.05, 0) is 123 Å². The molecule has 0 saturated heterocycles. The second-order valence-electron chi connectivity index (χ2n) is 15.8. The molecule has 1 rings (SSSR count). The van der Waals surface area contributed by atoms with Crippen molar-refractivity contribution in [3.05, 3.63) is 46.1 Å². The fourth-order valence-corrected chi connectivity index (χ4v) is 7.49. The zero-order chi connectivity index (χ0) is 36.7. The first-order chi connectivity index (χ1) is 23.3. The molecular weight excluding hydrogens is 608 g/mol. The maximum absolute atomic E-state index is 12.5. The third kappa shape index (κ3) is 17.7. The van der Waals surface area contributed by atoms with Gasteiger partial charge in [0.05, 0.1) is 18.3 Å². The maximum atomic E-state index is 12.5. The van der Waals surface area contributed by atoms with Crippen molar-refractivity contribution in [3.63, 3.8) is 0 Å². The first-order valence-electron chi connectivity index (χ1n) is 20.0. The van der Waals surface area contributed by atoms with Crippen molar-refractivity contribution in [2.75, 3.05) is 6.61 Å². The number of ether oxygens (including phenoxy) is 1. The smallest absolute Gasteiger partial charge is 0.305 e. The molecule has 5 heteroatoms. The van der Waals surface area contributed by atoms with E-state index < -0.39 is 17.1 Å². The Hall–Kier alpha value is -1.98. The molecule has 282 valence electrons. The Balaban J connectivity index is 2.67. The highest BCUT2D eigenvalue weighted by Crippen LogP contribution is 2.55. The van der Waals surface area contributed by atoms with Crippen molar-refractivity contribution in [1.82, 2.24) is 0 Å². The highest BCUT2D eigenvalue weighted by atomic mass is 16.5. The SMILES string of the molecule is CCCCCCCCCCCCCC(=O)OCCC[C@H]1/C(=C(/C)C=O)CC[C@](C)(O)[C@]1(C)CC/C=C(\C)[C@H](O)C/C=C(\C)CCC=C(C)C. The molecule has 1 fully saturated rings. The molecule has 0 unspecified atom stereocenters. The Kier molecular flexibility index (Phi) is 23.0. The molecule has 5 nitrogen and oxygen atoms in total. The molecule has 1 saturated carbocycles. The van der Waals surface area contributed by atoms with Crippen LogP contribution in [0.1, 0.15) is 190 Å². The third-order valence-corrected chi connectivity index (χ3v) is 11.3. The molecule has 1 aliphatic carbocycles. The van der Waals surface area contributed by atoms with Gasteiger partial charge in [0, 0.05) is 11.8 Å². The zero-order valence-electron chi connectivity index (χ0n) is 33.1. The molecule has 0 aromatic carbocycles. The van der Waals surface area contributed by atoms with Crippen LogP contribution in [0.3, 0.4) is 0 Å². The molecule has 0 bridgehead atoms. The van der Waals surface area contributed by atoms with Gasteiger partial charge in [0.25, 0.3) is 0 Å². The molecule has 0 aromatic heterocycles. The maximum Gasteiger partial charge on any atom is 0.305 e. The Morgan fingerprint density at radius 3 is 2.06 bits per heavy atom. The van der Waals surface area contributed by atoms with E-state index in [1.54, 1.807) is 0 Å². The summed E-state index contributed by atoms with van der Waals surface area (Å²) in [4.78, 5) is 24.4. The van der Waals surface area contributed by atoms with Crippen LogP contribution < -0.4 is 0 Å². The van der Waals surface area contributed by atoms with Gasteiger partial charge in [-0.2, -0.15) is 0 Å². The Labute approximate surface area is 302 Å². The molecule has 0 amide bonds. The average molecular weight is 685 g/mol. The molecule has 0 heterocycles. The summed E-state index contributed by atoms with van der Waals surface area (Å²) in [7, 11) is 0. The number of carbonyl (C=O) groups excluding carboxylic acids is 2. The van der Waals surface area contributed by atoms with Gasteiger partial charge in [0.15, 0.2) is 0 Å². The van der Waals surface area contributed by atoms with Crippen LogP contribution in [0.2, 0.25) is 0 Å². The van der Waals surface area contributed by atoms with Gasteiger partial charge in [0.2, 0.25) is 0 Å². The van der Waals surface area contributed by atoms with Crippen LogP contribution in [0.4, 0.5) is 0 Å². The molecule has 1 aliphatic rings. The lowest BCUT2D eigenvalue weighted by Gasteiger charge is -2.53. The first kappa shape index (κ1) is 45.0. The summed E-state index contributed by atoms with van der Waals surface area (Å²) in [6, 6.07) is 0. The number of allylic oxidation sites excluding steroid dienone is 6. The molecule has 2 N–H and O–H groups in total.